The van der Waals surface area contributed by atoms with Gasteiger partial charge in [0.05, 0.1) is 10.6 Å². The van der Waals surface area contributed by atoms with Crippen molar-refractivity contribution in [2.75, 3.05) is 16.8 Å². The largest absolute Gasteiger partial charge is 0.478 e. The van der Waals surface area contributed by atoms with Gasteiger partial charge in [0.25, 0.3) is 11.6 Å². The van der Waals surface area contributed by atoms with Gasteiger partial charge in [-0.05, 0) is 49.6 Å². The first-order chi connectivity index (χ1) is 13.3. The molecule has 0 bridgehead atoms. The highest BCUT2D eigenvalue weighted by Gasteiger charge is 2.35. The molecule has 0 saturated heterocycles. The number of ether oxygens (including phenoxy) is 1. The van der Waals surface area contributed by atoms with E-state index in [0.29, 0.717) is 17.9 Å². The Balaban J connectivity index is 1.87. The summed E-state index contributed by atoms with van der Waals surface area (Å²) in [7, 11) is 0. The van der Waals surface area contributed by atoms with E-state index in [4.69, 9.17) is 4.74 Å². The molecule has 28 heavy (non-hydrogen) atoms. The van der Waals surface area contributed by atoms with Crippen molar-refractivity contribution in [3.8, 4) is 5.75 Å². The molecule has 0 spiro atoms. The fourth-order valence-corrected chi connectivity index (χ4v) is 3.01. The predicted octanol–water partition coefficient (Wildman–Crippen LogP) is 3.35. The second-order valence-corrected chi connectivity index (χ2v) is 6.70. The van der Waals surface area contributed by atoms with Crippen molar-refractivity contribution < 1.29 is 19.2 Å². The Bertz CT molecular complexity index is 957. The van der Waals surface area contributed by atoms with Crippen LogP contribution in [0, 0.1) is 24.0 Å². The van der Waals surface area contributed by atoms with Crippen LogP contribution in [0.5, 0.6) is 5.75 Å². The molecule has 2 amide bonds. The van der Waals surface area contributed by atoms with E-state index in [2.05, 4.69) is 5.32 Å². The Labute approximate surface area is 162 Å². The van der Waals surface area contributed by atoms with Gasteiger partial charge in [0.15, 0.2) is 6.10 Å². The molecule has 1 heterocycles. The van der Waals surface area contributed by atoms with Crippen LogP contribution in [0.15, 0.2) is 36.4 Å². The minimum Gasteiger partial charge on any atom is -0.478 e. The first-order valence-electron chi connectivity index (χ1n) is 8.93. The van der Waals surface area contributed by atoms with Crippen LogP contribution in [0.3, 0.4) is 0 Å². The van der Waals surface area contributed by atoms with Crippen molar-refractivity contribution in [2.45, 2.75) is 33.3 Å². The van der Waals surface area contributed by atoms with Gasteiger partial charge in [-0.1, -0.05) is 13.0 Å². The molecule has 0 aliphatic carbocycles. The van der Waals surface area contributed by atoms with Crippen LogP contribution in [0.25, 0.3) is 0 Å². The van der Waals surface area contributed by atoms with E-state index >= 15 is 0 Å². The first-order valence-corrected chi connectivity index (χ1v) is 8.93. The van der Waals surface area contributed by atoms with Crippen LogP contribution in [-0.2, 0) is 9.59 Å². The third kappa shape index (κ3) is 3.80. The van der Waals surface area contributed by atoms with Crippen LogP contribution in [0.2, 0.25) is 0 Å². The van der Waals surface area contributed by atoms with Crippen LogP contribution in [0.1, 0.15) is 24.5 Å². The number of nitrogens with zero attached hydrogens (tertiary/aromatic N) is 2. The fourth-order valence-electron chi connectivity index (χ4n) is 3.01. The average molecular weight is 383 g/mol. The van der Waals surface area contributed by atoms with Gasteiger partial charge < -0.3 is 10.1 Å². The molecule has 0 fully saturated rings. The topological polar surface area (TPSA) is 102 Å². The van der Waals surface area contributed by atoms with Gasteiger partial charge in [-0.3, -0.25) is 24.6 Å². The lowest BCUT2D eigenvalue weighted by Gasteiger charge is -2.33. The number of non-ortho nitro benzene ring substituents is 1. The van der Waals surface area contributed by atoms with Crippen molar-refractivity contribution in [2.24, 2.45) is 0 Å². The maximum atomic E-state index is 12.7. The number of benzene rings is 2. The zero-order valence-electron chi connectivity index (χ0n) is 15.9. The van der Waals surface area contributed by atoms with Gasteiger partial charge in [-0.15, -0.1) is 0 Å². The maximum absolute atomic E-state index is 12.7. The zero-order chi connectivity index (χ0) is 20.4. The molecule has 0 saturated carbocycles. The molecule has 0 radical (unpaired) electrons. The SMILES string of the molecule is CCC1Oc2ccc([N+](=O)[O-])cc2N(CC(=O)Nc2ccc(C)c(C)c2)C1=O. The number of nitrogens with one attached hydrogen (secondary N) is 1. The molecule has 3 rings (SSSR count). The summed E-state index contributed by atoms with van der Waals surface area (Å²) in [6, 6.07) is 9.56. The Kier molecular flexibility index (Phi) is 5.30. The summed E-state index contributed by atoms with van der Waals surface area (Å²) in [4.78, 5) is 37.1. The molecule has 1 atom stereocenters. The van der Waals surface area contributed by atoms with E-state index in [1.807, 2.05) is 26.0 Å². The van der Waals surface area contributed by atoms with Gasteiger partial charge in [-0.25, -0.2) is 0 Å². The molecule has 1 aliphatic rings. The van der Waals surface area contributed by atoms with Gasteiger partial charge >= 0.3 is 0 Å². The number of hydrogen-bond acceptors (Lipinski definition) is 5. The van der Waals surface area contributed by atoms with E-state index in [9.17, 15) is 19.7 Å². The number of nitro groups is 1. The first kappa shape index (κ1) is 19.3. The van der Waals surface area contributed by atoms with Crippen molar-refractivity contribution in [1.29, 1.82) is 0 Å². The number of fused-ring (bicyclic) bond motifs is 1. The third-order valence-electron chi connectivity index (χ3n) is 4.72. The number of nitro benzene ring substituents is 1. The summed E-state index contributed by atoms with van der Waals surface area (Å²) in [5.41, 5.74) is 2.81. The number of carbonyl (C=O) groups excluding carboxylic acids is 2. The Hall–Kier alpha value is -3.42. The van der Waals surface area contributed by atoms with Crippen LogP contribution >= 0.6 is 0 Å². The van der Waals surface area contributed by atoms with E-state index in [-0.39, 0.29) is 17.9 Å². The van der Waals surface area contributed by atoms with E-state index in [1.54, 1.807) is 13.0 Å². The lowest BCUT2D eigenvalue weighted by Crippen LogP contribution is -2.48. The summed E-state index contributed by atoms with van der Waals surface area (Å²) in [5.74, 6) is -0.451. The average Bonchev–Trinajstić information content (AvgIpc) is 2.66. The molecular formula is C20H21N3O5. The molecule has 1 N–H and O–H groups in total. The van der Waals surface area contributed by atoms with Crippen LogP contribution in [-0.4, -0.2) is 29.4 Å². The number of aryl methyl sites for hydroxylation is 2. The van der Waals surface area contributed by atoms with Crippen molar-refractivity contribution in [3.05, 3.63) is 57.6 Å². The highest BCUT2D eigenvalue weighted by atomic mass is 16.6. The quantitative estimate of drug-likeness (QED) is 0.630. The van der Waals surface area contributed by atoms with E-state index < -0.39 is 22.8 Å². The highest BCUT2D eigenvalue weighted by molar-refractivity contribution is 6.06. The minimum atomic E-state index is -0.733. The molecule has 1 unspecified atom stereocenters. The fraction of sp³-hybridized carbons (Fsp3) is 0.300. The molecule has 1 aliphatic heterocycles. The Morgan fingerprint density at radius 2 is 1.96 bits per heavy atom. The molecule has 8 heteroatoms. The number of rotatable bonds is 5. The van der Waals surface area contributed by atoms with E-state index in [0.717, 1.165) is 11.1 Å². The zero-order valence-corrected chi connectivity index (χ0v) is 15.9. The second kappa shape index (κ2) is 7.67. The van der Waals surface area contributed by atoms with Gasteiger partial charge in [0.1, 0.15) is 12.3 Å². The number of hydrogen-bond donors (Lipinski definition) is 1. The van der Waals surface area contributed by atoms with Gasteiger partial charge in [0, 0.05) is 17.8 Å². The van der Waals surface area contributed by atoms with Gasteiger partial charge in [-0.2, -0.15) is 0 Å². The lowest BCUT2D eigenvalue weighted by molar-refractivity contribution is -0.384. The normalized spacial score (nSPS) is 15.6. The molecule has 8 nitrogen and oxygen atoms in total. The Morgan fingerprint density at radius 3 is 2.61 bits per heavy atom. The number of anilines is 2. The van der Waals surface area contributed by atoms with E-state index in [1.165, 1.54) is 23.1 Å². The smallest absolute Gasteiger partial charge is 0.271 e. The summed E-state index contributed by atoms with van der Waals surface area (Å²) in [6.07, 6.45) is -0.312. The van der Waals surface area contributed by atoms with Crippen LogP contribution < -0.4 is 15.0 Å². The summed E-state index contributed by atoms with van der Waals surface area (Å²) < 4.78 is 5.64. The van der Waals surface area contributed by atoms with Crippen molar-refractivity contribution in [1.82, 2.24) is 0 Å². The standard InChI is InChI=1S/C20H21N3O5/c1-4-17-20(25)22(16-10-15(23(26)27)7-8-18(16)28-17)11-19(24)21-14-6-5-12(2)13(3)9-14/h5-10,17H,4,11H2,1-3H3,(H,21,24). The monoisotopic (exact) mass is 383 g/mol. The van der Waals surface area contributed by atoms with Crippen molar-refractivity contribution >= 4 is 28.9 Å². The molecule has 2 aromatic carbocycles. The number of amides is 2. The predicted molar refractivity (Wildman–Crippen MR) is 105 cm³/mol. The molecular weight excluding hydrogens is 362 g/mol. The summed E-state index contributed by atoms with van der Waals surface area (Å²) in [5, 5.41) is 13.9. The maximum Gasteiger partial charge on any atom is 0.271 e. The van der Waals surface area contributed by atoms with Crippen LogP contribution in [0.4, 0.5) is 17.1 Å². The third-order valence-corrected chi connectivity index (χ3v) is 4.72. The highest BCUT2D eigenvalue weighted by Crippen LogP contribution is 2.37. The molecule has 146 valence electrons. The lowest BCUT2D eigenvalue weighted by atomic mass is 10.1. The van der Waals surface area contributed by atoms with Gasteiger partial charge in [0.2, 0.25) is 5.91 Å². The minimum absolute atomic E-state index is 0.176. The molecule has 2 aromatic rings. The number of carbonyl (C=O) groups is 2. The summed E-state index contributed by atoms with van der Waals surface area (Å²) in [6.45, 7) is 5.45. The molecule has 0 aromatic heterocycles. The summed E-state index contributed by atoms with van der Waals surface area (Å²) >= 11 is 0. The second-order valence-electron chi connectivity index (χ2n) is 6.70. The Morgan fingerprint density at radius 1 is 1.21 bits per heavy atom. The van der Waals surface area contributed by atoms with Crippen molar-refractivity contribution in [3.63, 3.8) is 0 Å².